The zero-order valence-electron chi connectivity index (χ0n) is 15.0. The number of piperidine rings is 1. The molecule has 2 unspecified atom stereocenters. The minimum Gasteiger partial charge on any atom is -0.494 e. The predicted molar refractivity (Wildman–Crippen MR) is 96.4 cm³/mol. The summed E-state index contributed by atoms with van der Waals surface area (Å²) in [6, 6.07) is 7.40. The van der Waals surface area contributed by atoms with Crippen molar-refractivity contribution in [2.24, 2.45) is 11.8 Å². The second-order valence-corrected chi connectivity index (χ2v) is 7.08. The number of benzene rings is 1. The molecule has 2 rings (SSSR count). The highest BCUT2D eigenvalue weighted by atomic mass is 16.5. The first kappa shape index (κ1) is 18.6. The molecule has 0 saturated carbocycles. The second-order valence-electron chi connectivity index (χ2n) is 7.08. The number of carbonyl (C=O) groups is 1. The minimum absolute atomic E-state index is 0.111. The third kappa shape index (κ3) is 5.71. The van der Waals surface area contributed by atoms with Crippen molar-refractivity contribution in [2.75, 3.05) is 25.0 Å². The number of hydrogen-bond acceptors (Lipinski definition) is 3. The van der Waals surface area contributed by atoms with Gasteiger partial charge in [-0.3, -0.25) is 0 Å². The van der Waals surface area contributed by atoms with E-state index in [1.54, 1.807) is 11.8 Å². The van der Waals surface area contributed by atoms with E-state index in [4.69, 9.17) is 4.74 Å². The van der Waals surface area contributed by atoms with Gasteiger partial charge in [-0.1, -0.05) is 19.9 Å². The number of anilines is 1. The summed E-state index contributed by atoms with van der Waals surface area (Å²) in [6.07, 6.45) is 2.53. The van der Waals surface area contributed by atoms with Gasteiger partial charge in [-0.05, 0) is 44.2 Å². The molecule has 2 atom stereocenters. The van der Waals surface area contributed by atoms with Crippen LogP contribution >= 0.6 is 0 Å². The lowest BCUT2D eigenvalue weighted by molar-refractivity contribution is 0.0766. The first-order valence-electron chi connectivity index (χ1n) is 8.92. The van der Waals surface area contributed by atoms with Crippen LogP contribution in [-0.4, -0.2) is 41.8 Å². The molecule has 0 bridgehead atoms. The second kappa shape index (κ2) is 8.92. The Labute approximate surface area is 145 Å². The van der Waals surface area contributed by atoms with Gasteiger partial charge in [0.05, 0.1) is 12.7 Å². The van der Waals surface area contributed by atoms with Crippen molar-refractivity contribution in [1.82, 2.24) is 4.90 Å². The van der Waals surface area contributed by atoms with Gasteiger partial charge in [0.15, 0.2) is 0 Å². The van der Waals surface area contributed by atoms with E-state index in [1.807, 2.05) is 24.3 Å². The Morgan fingerprint density at radius 3 is 2.92 bits per heavy atom. The van der Waals surface area contributed by atoms with Crippen LogP contribution in [0, 0.1) is 11.8 Å². The number of likely N-dealkylation sites (tertiary alicyclic amines) is 1. The zero-order valence-corrected chi connectivity index (χ0v) is 15.0. The summed E-state index contributed by atoms with van der Waals surface area (Å²) in [5.74, 6) is 1.54. The smallest absolute Gasteiger partial charge is 0.321 e. The van der Waals surface area contributed by atoms with Gasteiger partial charge in [-0.2, -0.15) is 0 Å². The topological polar surface area (TPSA) is 61.8 Å². The van der Waals surface area contributed by atoms with E-state index >= 15 is 0 Å². The number of aliphatic hydroxyl groups excluding tert-OH is 1. The molecule has 1 aliphatic heterocycles. The van der Waals surface area contributed by atoms with Gasteiger partial charge in [-0.15, -0.1) is 0 Å². The van der Waals surface area contributed by atoms with E-state index in [0.717, 1.165) is 37.2 Å². The lowest BCUT2D eigenvalue weighted by atomic mass is 9.94. The van der Waals surface area contributed by atoms with E-state index in [9.17, 15) is 9.90 Å². The quantitative estimate of drug-likeness (QED) is 0.833. The number of hydrogen-bond donors (Lipinski definition) is 2. The predicted octanol–water partition coefficient (Wildman–Crippen LogP) is 3.74. The number of nitrogens with zero attached hydrogens (tertiary/aromatic N) is 1. The number of amides is 2. The van der Waals surface area contributed by atoms with Crippen LogP contribution in [0.5, 0.6) is 5.75 Å². The molecule has 1 aliphatic rings. The monoisotopic (exact) mass is 334 g/mol. The SMILES string of the molecule is CC(C)CCOc1cccc(NC(=O)N2CCCC(C(C)O)C2)c1. The van der Waals surface area contributed by atoms with Crippen LogP contribution in [0.1, 0.15) is 40.0 Å². The summed E-state index contributed by atoms with van der Waals surface area (Å²) in [5.41, 5.74) is 0.737. The van der Waals surface area contributed by atoms with Gasteiger partial charge >= 0.3 is 6.03 Å². The summed E-state index contributed by atoms with van der Waals surface area (Å²) in [4.78, 5) is 14.2. The lowest BCUT2D eigenvalue weighted by Gasteiger charge is -2.34. The summed E-state index contributed by atoms with van der Waals surface area (Å²) in [5, 5.41) is 12.7. The average molecular weight is 334 g/mol. The largest absolute Gasteiger partial charge is 0.494 e. The van der Waals surface area contributed by atoms with E-state index in [2.05, 4.69) is 19.2 Å². The Morgan fingerprint density at radius 2 is 2.21 bits per heavy atom. The molecular weight excluding hydrogens is 304 g/mol. The highest BCUT2D eigenvalue weighted by molar-refractivity contribution is 5.89. The number of urea groups is 1. The Hall–Kier alpha value is -1.75. The third-order valence-electron chi connectivity index (χ3n) is 4.48. The molecule has 134 valence electrons. The normalized spacial score (nSPS) is 19.2. The number of rotatable bonds is 6. The van der Waals surface area contributed by atoms with Gasteiger partial charge in [0, 0.05) is 30.8 Å². The first-order chi connectivity index (χ1) is 11.5. The van der Waals surface area contributed by atoms with Gasteiger partial charge in [0.1, 0.15) is 5.75 Å². The van der Waals surface area contributed by atoms with Crippen molar-refractivity contribution in [3.63, 3.8) is 0 Å². The maximum atomic E-state index is 12.4. The maximum absolute atomic E-state index is 12.4. The summed E-state index contributed by atoms with van der Waals surface area (Å²) in [7, 11) is 0. The molecule has 24 heavy (non-hydrogen) atoms. The van der Waals surface area contributed by atoms with E-state index in [0.29, 0.717) is 19.1 Å². The van der Waals surface area contributed by atoms with Gasteiger partial charge in [0.2, 0.25) is 0 Å². The molecule has 1 aromatic rings. The molecule has 5 heteroatoms. The standard InChI is InChI=1S/C19H30N2O3/c1-14(2)9-11-24-18-8-4-7-17(12-18)20-19(23)21-10-5-6-16(13-21)15(3)22/h4,7-8,12,14-16,22H,5-6,9-11,13H2,1-3H3,(H,20,23). The number of aliphatic hydroxyl groups is 1. The van der Waals surface area contributed by atoms with Crippen molar-refractivity contribution in [1.29, 1.82) is 0 Å². The first-order valence-corrected chi connectivity index (χ1v) is 8.92. The molecule has 2 N–H and O–H groups in total. The Morgan fingerprint density at radius 1 is 1.42 bits per heavy atom. The Balaban J connectivity index is 1.89. The fourth-order valence-corrected chi connectivity index (χ4v) is 2.87. The van der Waals surface area contributed by atoms with Crippen LogP contribution in [0.3, 0.4) is 0 Å². The third-order valence-corrected chi connectivity index (χ3v) is 4.48. The van der Waals surface area contributed by atoms with Gasteiger partial charge < -0.3 is 20.1 Å². The van der Waals surface area contributed by atoms with Gasteiger partial charge in [-0.25, -0.2) is 4.79 Å². The van der Waals surface area contributed by atoms with E-state index in [-0.39, 0.29) is 18.1 Å². The Bertz CT molecular complexity index is 531. The molecule has 0 aromatic heterocycles. The molecule has 1 aromatic carbocycles. The Kier molecular flexibility index (Phi) is 6.91. The summed E-state index contributed by atoms with van der Waals surface area (Å²) in [6.45, 7) is 8.15. The van der Waals surface area contributed by atoms with Crippen molar-refractivity contribution in [3.8, 4) is 5.75 Å². The highest BCUT2D eigenvalue weighted by Gasteiger charge is 2.26. The number of carbonyl (C=O) groups excluding carboxylic acids is 1. The van der Waals surface area contributed by atoms with Crippen molar-refractivity contribution in [3.05, 3.63) is 24.3 Å². The molecular formula is C19H30N2O3. The van der Waals surface area contributed by atoms with Crippen molar-refractivity contribution >= 4 is 11.7 Å². The number of ether oxygens (including phenoxy) is 1. The van der Waals surface area contributed by atoms with Gasteiger partial charge in [0.25, 0.3) is 0 Å². The maximum Gasteiger partial charge on any atom is 0.321 e. The fourth-order valence-electron chi connectivity index (χ4n) is 2.87. The molecule has 5 nitrogen and oxygen atoms in total. The fraction of sp³-hybridized carbons (Fsp3) is 0.632. The molecule has 0 aliphatic carbocycles. The zero-order chi connectivity index (χ0) is 17.5. The molecule has 2 amide bonds. The minimum atomic E-state index is -0.377. The lowest BCUT2D eigenvalue weighted by Crippen LogP contribution is -2.44. The molecule has 0 spiro atoms. The van der Waals surface area contributed by atoms with Crippen LogP contribution in [0.15, 0.2) is 24.3 Å². The highest BCUT2D eigenvalue weighted by Crippen LogP contribution is 2.22. The van der Waals surface area contributed by atoms with E-state index < -0.39 is 0 Å². The molecule has 1 fully saturated rings. The van der Waals surface area contributed by atoms with Crippen molar-refractivity contribution < 1.29 is 14.6 Å². The van der Waals surface area contributed by atoms with Crippen LogP contribution in [0.25, 0.3) is 0 Å². The van der Waals surface area contributed by atoms with Crippen LogP contribution < -0.4 is 10.1 Å². The summed E-state index contributed by atoms with van der Waals surface area (Å²) >= 11 is 0. The number of nitrogens with one attached hydrogen (secondary N) is 1. The molecule has 1 heterocycles. The average Bonchev–Trinajstić information content (AvgIpc) is 2.55. The van der Waals surface area contributed by atoms with Crippen LogP contribution in [-0.2, 0) is 0 Å². The van der Waals surface area contributed by atoms with E-state index in [1.165, 1.54) is 0 Å². The van der Waals surface area contributed by atoms with Crippen molar-refractivity contribution in [2.45, 2.75) is 46.1 Å². The van der Waals surface area contributed by atoms with Crippen LogP contribution in [0.2, 0.25) is 0 Å². The molecule has 0 radical (unpaired) electrons. The summed E-state index contributed by atoms with van der Waals surface area (Å²) < 4.78 is 5.74. The van der Waals surface area contributed by atoms with Crippen LogP contribution in [0.4, 0.5) is 10.5 Å². The molecule has 1 saturated heterocycles.